The zero-order chi connectivity index (χ0) is 22.9. The van der Waals surface area contributed by atoms with Crippen molar-refractivity contribution in [3.05, 3.63) is 64.4 Å². The van der Waals surface area contributed by atoms with Gasteiger partial charge in [-0.2, -0.15) is 4.31 Å². The van der Waals surface area contributed by atoms with Crippen LogP contribution in [0.5, 0.6) is 0 Å². The van der Waals surface area contributed by atoms with Gasteiger partial charge in [-0.1, -0.05) is 30.7 Å². The summed E-state index contributed by atoms with van der Waals surface area (Å²) in [5, 5.41) is 4.18. The van der Waals surface area contributed by atoms with Gasteiger partial charge in [0.05, 0.1) is 4.90 Å². The molecule has 0 radical (unpaired) electrons. The third-order valence-electron chi connectivity index (χ3n) is 5.98. The van der Waals surface area contributed by atoms with Gasteiger partial charge in [0, 0.05) is 35.6 Å². The molecule has 1 amide bonds. The van der Waals surface area contributed by atoms with Gasteiger partial charge in [-0.25, -0.2) is 8.42 Å². The van der Waals surface area contributed by atoms with Crippen LogP contribution >= 0.6 is 11.6 Å². The van der Waals surface area contributed by atoms with Crippen molar-refractivity contribution >= 4 is 38.5 Å². The molecule has 1 fully saturated rings. The van der Waals surface area contributed by atoms with Crippen LogP contribution in [0.1, 0.15) is 41.4 Å². The van der Waals surface area contributed by atoms with Gasteiger partial charge in [0.25, 0.3) is 5.91 Å². The number of aryl methyl sites for hydroxylation is 1. The Morgan fingerprint density at radius 1 is 1.22 bits per heavy atom. The summed E-state index contributed by atoms with van der Waals surface area (Å²) in [7, 11) is -3.58. The number of rotatable bonds is 6. The number of nitrogens with zero attached hydrogens (tertiary/aromatic N) is 1. The van der Waals surface area contributed by atoms with E-state index in [1.165, 1.54) is 0 Å². The summed E-state index contributed by atoms with van der Waals surface area (Å²) >= 11 is 5.90. The van der Waals surface area contributed by atoms with Crippen molar-refractivity contribution < 1.29 is 17.6 Å². The molecule has 2 aromatic carbocycles. The number of sulfonamides is 1. The highest BCUT2D eigenvalue weighted by Gasteiger charge is 2.29. The Morgan fingerprint density at radius 2 is 1.97 bits per heavy atom. The molecule has 0 saturated carbocycles. The van der Waals surface area contributed by atoms with Crippen LogP contribution in [0, 0.1) is 12.8 Å². The van der Waals surface area contributed by atoms with Crippen LogP contribution in [0.2, 0.25) is 5.02 Å². The van der Waals surface area contributed by atoms with Crippen molar-refractivity contribution in [2.45, 2.75) is 38.0 Å². The van der Waals surface area contributed by atoms with E-state index in [9.17, 15) is 13.2 Å². The van der Waals surface area contributed by atoms with Gasteiger partial charge < -0.3 is 9.73 Å². The number of nitrogens with one attached hydrogen (secondary N) is 1. The maximum atomic E-state index is 13.1. The molecule has 4 rings (SSSR count). The van der Waals surface area contributed by atoms with Gasteiger partial charge in [-0.3, -0.25) is 4.79 Å². The smallest absolute Gasteiger partial charge is 0.287 e. The Bertz CT molecular complexity index is 1230. The third kappa shape index (κ3) is 4.70. The molecule has 1 N–H and O–H groups in total. The minimum absolute atomic E-state index is 0.206. The molecule has 1 aromatic heterocycles. The highest BCUT2D eigenvalue weighted by atomic mass is 35.5. The molecule has 2 heterocycles. The first-order valence-corrected chi connectivity index (χ1v) is 12.6. The largest absolute Gasteiger partial charge is 0.451 e. The molecule has 170 valence electrons. The van der Waals surface area contributed by atoms with Crippen LogP contribution in [-0.2, 0) is 16.4 Å². The molecule has 0 bridgehead atoms. The Morgan fingerprint density at radius 3 is 2.69 bits per heavy atom. The average Bonchev–Trinajstić information content (AvgIpc) is 3.11. The van der Waals surface area contributed by atoms with E-state index in [1.54, 1.807) is 29.4 Å². The Labute approximate surface area is 193 Å². The number of fused-ring (bicyclic) bond motifs is 1. The molecule has 0 spiro atoms. The fraction of sp³-hybridized carbons (Fsp3) is 0.375. The van der Waals surface area contributed by atoms with Crippen molar-refractivity contribution in [2.24, 2.45) is 5.92 Å². The summed E-state index contributed by atoms with van der Waals surface area (Å²) in [6, 6.07) is 12.3. The monoisotopic (exact) mass is 474 g/mol. The summed E-state index contributed by atoms with van der Waals surface area (Å²) in [6.45, 7) is 5.37. The van der Waals surface area contributed by atoms with E-state index in [-0.39, 0.29) is 16.6 Å². The second kappa shape index (κ2) is 9.25. The Balaban J connectivity index is 1.51. The molecule has 1 atom stereocenters. The lowest BCUT2D eigenvalue weighted by molar-refractivity contribution is 0.0927. The first-order valence-electron chi connectivity index (χ1n) is 10.8. The molecular formula is C24H27ClN2O4S. The van der Waals surface area contributed by atoms with Crippen molar-refractivity contribution in [2.75, 3.05) is 19.6 Å². The van der Waals surface area contributed by atoms with Gasteiger partial charge in [0.1, 0.15) is 5.58 Å². The lowest BCUT2D eigenvalue weighted by Gasteiger charge is -2.30. The first-order chi connectivity index (χ1) is 15.3. The van der Waals surface area contributed by atoms with Crippen molar-refractivity contribution in [3.8, 4) is 0 Å². The predicted octanol–water partition coefficient (Wildman–Crippen LogP) is 4.79. The zero-order valence-electron chi connectivity index (χ0n) is 18.2. The number of halogens is 1. The lowest BCUT2D eigenvalue weighted by atomic mass is 10.0. The molecule has 32 heavy (non-hydrogen) atoms. The van der Waals surface area contributed by atoms with E-state index in [4.69, 9.17) is 16.0 Å². The molecule has 6 nitrogen and oxygen atoms in total. The number of furan rings is 1. The van der Waals surface area contributed by atoms with Crippen molar-refractivity contribution in [1.82, 2.24) is 9.62 Å². The number of piperidine rings is 1. The molecule has 3 aromatic rings. The minimum Gasteiger partial charge on any atom is -0.451 e. The zero-order valence-corrected chi connectivity index (χ0v) is 19.8. The number of carbonyl (C=O) groups is 1. The van der Waals surface area contributed by atoms with Crippen molar-refractivity contribution in [3.63, 3.8) is 0 Å². The molecule has 1 aliphatic rings. The SMILES string of the molecule is Cc1c(C(=O)NCCc2ccc(Cl)cc2)oc2ccc(S(=O)(=O)N3CCCC(C)C3)cc12. The number of hydrogen-bond donors (Lipinski definition) is 1. The number of benzene rings is 2. The van der Waals surface area contributed by atoms with E-state index in [2.05, 4.69) is 12.2 Å². The van der Waals surface area contributed by atoms with E-state index in [0.29, 0.717) is 53.5 Å². The van der Waals surface area contributed by atoms with Gasteiger partial charge >= 0.3 is 0 Å². The molecule has 0 aliphatic carbocycles. The van der Waals surface area contributed by atoms with Crippen LogP contribution < -0.4 is 5.32 Å². The Hall–Kier alpha value is -2.35. The second-order valence-electron chi connectivity index (χ2n) is 8.46. The highest BCUT2D eigenvalue weighted by Crippen LogP contribution is 2.30. The number of amides is 1. The standard InChI is InChI=1S/C24H27ClN2O4S/c1-16-4-3-13-27(15-16)32(29,30)20-9-10-22-21(14-20)17(2)23(31-22)24(28)26-12-11-18-5-7-19(25)8-6-18/h5-10,14,16H,3-4,11-13,15H2,1-2H3,(H,26,28). The van der Waals surface area contributed by atoms with E-state index in [0.717, 1.165) is 18.4 Å². The number of hydrogen-bond acceptors (Lipinski definition) is 4. The van der Waals surface area contributed by atoms with Crippen LogP contribution in [0.15, 0.2) is 51.8 Å². The van der Waals surface area contributed by atoms with E-state index >= 15 is 0 Å². The second-order valence-corrected chi connectivity index (χ2v) is 10.8. The minimum atomic E-state index is -3.58. The number of carbonyl (C=O) groups excluding carboxylic acids is 1. The summed E-state index contributed by atoms with van der Waals surface area (Å²) < 4.78 is 33.6. The Kier molecular flexibility index (Phi) is 6.60. The average molecular weight is 475 g/mol. The lowest BCUT2D eigenvalue weighted by Crippen LogP contribution is -2.39. The van der Waals surface area contributed by atoms with Gasteiger partial charge in [0.2, 0.25) is 10.0 Å². The normalized spacial score (nSPS) is 17.5. The van der Waals surface area contributed by atoms with Crippen LogP contribution in [0.25, 0.3) is 11.0 Å². The summed E-state index contributed by atoms with van der Waals surface area (Å²) in [4.78, 5) is 12.9. The van der Waals surface area contributed by atoms with E-state index < -0.39 is 10.0 Å². The van der Waals surface area contributed by atoms with Gasteiger partial charge in [-0.05, 0) is 68.0 Å². The molecule has 1 aliphatic heterocycles. The van der Waals surface area contributed by atoms with Crippen LogP contribution in [-0.4, -0.2) is 38.3 Å². The maximum Gasteiger partial charge on any atom is 0.287 e. The van der Waals surface area contributed by atoms with Gasteiger partial charge in [0.15, 0.2) is 5.76 Å². The van der Waals surface area contributed by atoms with E-state index in [1.807, 2.05) is 24.3 Å². The maximum absolute atomic E-state index is 13.1. The predicted molar refractivity (Wildman–Crippen MR) is 126 cm³/mol. The molecular weight excluding hydrogens is 448 g/mol. The van der Waals surface area contributed by atoms with Gasteiger partial charge in [-0.15, -0.1) is 0 Å². The summed E-state index contributed by atoms with van der Waals surface area (Å²) in [5.74, 6) is 0.236. The fourth-order valence-corrected chi connectivity index (χ4v) is 5.89. The fourth-order valence-electron chi connectivity index (χ4n) is 4.14. The molecule has 1 saturated heterocycles. The quantitative estimate of drug-likeness (QED) is 0.557. The first kappa shape index (κ1) is 22.8. The third-order valence-corrected chi connectivity index (χ3v) is 8.10. The molecule has 8 heteroatoms. The molecule has 1 unspecified atom stereocenters. The topological polar surface area (TPSA) is 79.6 Å². The summed E-state index contributed by atoms with van der Waals surface area (Å²) in [6.07, 6.45) is 2.58. The van der Waals surface area contributed by atoms with Crippen molar-refractivity contribution in [1.29, 1.82) is 0 Å². The highest BCUT2D eigenvalue weighted by molar-refractivity contribution is 7.89. The van der Waals surface area contributed by atoms with Crippen LogP contribution in [0.3, 0.4) is 0 Å². The van der Waals surface area contributed by atoms with Crippen LogP contribution in [0.4, 0.5) is 0 Å². The summed E-state index contributed by atoms with van der Waals surface area (Å²) in [5.41, 5.74) is 2.20.